The van der Waals surface area contributed by atoms with Crippen molar-refractivity contribution in [1.82, 2.24) is 4.31 Å². The first kappa shape index (κ1) is 13.1. The molecule has 7 heteroatoms. The zero-order chi connectivity index (χ0) is 12.3. The molecule has 90 valence electrons. The number of sulfonamides is 1. The Labute approximate surface area is 98.4 Å². The van der Waals surface area contributed by atoms with Gasteiger partial charge in [-0.25, -0.2) is 8.42 Å². The van der Waals surface area contributed by atoms with Gasteiger partial charge in [0.05, 0.1) is 5.92 Å². The molecule has 0 aliphatic heterocycles. The van der Waals surface area contributed by atoms with Crippen LogP contribution in [0.25, 0.3) is 0 Å². The summed E-state index contributed by atoms with van der Waals surface area (Å²) in [6, 6.07) is 3.15. The van der Waals surface area contributed by atoms with E-state index in [1.807, 2.05) is 0 Å². The van der Waals surface area contributed by atoms with E-state index < -0.39 is 21.9 Å². The van der Waals surface area contributed by atoms with Gasteiger partial charge in [0.2, 0.25) is 0 Å². The first-order valence-electron chi connectivity index (χ1n) is 4.58. The van der Waals surface area contributed by atoms with Gasteiger partial charge in [0.1, 0.15) is 4.21 Å². The van der Waals surface area contributed by atoms with E-state index in [0.29, 0.717) is 0 Å². The van der Waals surface area contributed by atoms with Gasteiger partial charge in [-0.1, -0.05) is 13.0 Å². The van der Waals surface area contributed by atoms with Crippen molar-refractivity contribution < 1.29 is 18.3 Å². The van der Waals surface area contributed by atoms with Crippen LogP contribution < -0.4 is 0 Å². The summed E-state index contributed by atoms with van der Waals surface area (Å²) in [5.74, 6) is -1.73. The molecule has 16 heavy (non-hydrogen) atoms. The van der Waals surface area contributed by atoms with Gasteiger partial charge >= 0.3 is 5.97 Å². The molecule has 0 bridgehead atoms. The molecule has 0 aliphatic carbocycles. The Morgan fingerprint density at radius 1 is 1.62 bits per heavy atom. The van der Waals surface area contributed by atoms with Crippen molar-refractivity contribution in [3.8, 4) is 0 Å². The lowest BCUT2D eigenvalue weighted by Crippen LogP contribution is -2.33. The Morgan fingerprint density at radius 3 is 2.69 bits per heavy atom. The van der Waals surface area contributed by atoms with Crippen LogP contribution in [0.5, 0.6) is 0 Å². The summed E-state index contributed by atoms with van der Waals surface area (Å²) in [6.07, 6.45) is 0. The van der Waals surface area contributed by atoms with Crippen LogP contribution in [0, 0.1) is 5.92 Å². The molecule has 0 amide bonds. The third-order valence-electron chi connectivity index (χ3n) is 2.11. The van der Waals surface area contributed by atoms with Gasteiger partial charge in [0, 0.05) is 13.6 Å². The Hall–Kier alpha value is -0.920. The van der Waals surface area contributed by atoms with Crippen LogP contribution in [0.3, 0.4) is 0 Å². The SMILES string of the molecule is CC(CN(C)S(=O)(=O)c1cccs1)C(=O)O. The molecule has 1 N–H and O–H groups in total. The molecule has 1 unspecified atom stereocenters. The van der Waals surface area contributed by atoms with E-state index in [0.717, 1.165) is 15.6 Å². The summed E-state index contributed by atoms with van der Waals surface area (Å²) < 4.78 is 25.1. The highest BCUT2D eigenvalue weighted by molar-refractivity contribution is 7.91. The molecule has 0 fully saturated rings. The molecule has 0 spiro atoms. The molecular weight excluding hydrogens is 250 g/mol. The van der Waals surface area contributed by atoms with Crippen molar-refractivity contribution >= 4 is 27.3 Å². The number of aliphatic carboxylic acids is 1. The molecule has 0 saturated carbocycles. The number of hydrogen-bond acceptors (Lipinski definition) is 4. The zero-order valence-electron chi connectivity index (χ0n) is 8.95. The number of carboxylic acids is 1. The Morgan fingerprint density at radius 2 is 2.25 bits per heavy atom. The highest BCUT2D eigenvalue weighted by Gasteiger charge is 2.25. The quantitative estimate of drug-likeness (QED) is 0.863. The third-order valence-corrected chi connectivity index (χ3v) is 5.31. The van der Waals surface area contributed by atoms with E-state index in [-0.39, 0.29) is 10.8 Å². The topological polar surface area (TPSA) is 74.7 Å². The number of carbonyl (C=O) groups is 1. The number of nitrogens with zero attached hydrogens (tertiary/aromatic N) is 1. The van der Waals surface area contributed by atoms with Crippen molar-refractivity contribution in [2.24, 2.45) is 5.92 Å². The summed E-state index contributed by atoms with van der Waals surface area (Å²) in [6.45, 7) is 1.44. The molecule has 1 atom stereocenters. The second kappa shape index (κ2) is 4.94. The third kappa shape index (κ3) is 2.81. The fraction of sp³-hybridized carbons (Fsp3) is 0.444. The Bertz CT molecular complexity index is 452. The molecule has 0 aliphatic rings. The van der Waals surface area contributed by atoms with Gasteiger partial charge in [-0.2, -0.15) is 4.31 Å². The van der Waals surface area contributed by atoms with Gasteiger partial charge in [-0.05, 0) is 11.4 Å². The summed E-state index contributed by atoms with van der Waals surface area (Å²) in [5, 5.41) is 10.4. The van der Waals surface area contributed by atoms with E-state index >= 15 is 0 Å². The highest BCUT2D eigenvalue weighted by atomic mass is 32.2. The van der Waals surface area contributed by atoms with Crippen LogP contribution in [0.1, 0.15) is 6.92 Å². The predicted octanol–water partition coefficient (Wildman–Crippen LogP) is 1.09. The summed E-state index contributed by atoms with van der Waals surface area (Å²) in [5.41, 5.74) is 0. The second-order valence-electron chi connectivity index (χ2n) is 3.46. The van der Waals surface area contributed by atoms with Crippen molar-refractivity contribution in [3.05, 3.63) is 17.5 Å². The summed E-state index contributed by atoms with van der Waals surface area (Å²) in [7, 11) is -2.15. The lowest BCUT2D eigenvalue weighted by molar-refractivity contribution is -0.141. The first-order chi connectivity index (χ1) is 7.35. The van der Waals surface area contributed by atoms with Crippen LogP contribution in [0.4, 0.5) is 0 Å². The summed E-state index contributed by atoms with van der Waals surface area (Å²) >= 11 is 1.12. The average Bonchev–Trinajstić information content (AvgIpc) is 2.70. The minimum Gasteiger partial charge on any atom is -0.481 e. The lowest BCUT2D eigenvalue weighted by Gasteiger charge is -2.17. The van der Waals surface area contributed by atoms with Crippen LogP contribution in [-0.2, 0) is 14.8 Å². The molecule has 1 rings (SSSR count). The van der Waals surface area contributed by atoms with E-state index in [1.165, 1.54) is 20.0 Å². The van der Waals surface area contributed by atoms with Crippen molar-refractivity contribution in [1.29, 1.82) is 0 Å². The monoisotopic (exact) mass is 263 g/mol. The van der Waals surface area contributed by atoms with Crippen molar-refractivity contribution in [2.45, 2.75) is 11.1 Å². The normalized spacial score (nSPS) is 13.9. The van der Waals surface area contributed by atoms with Crippen LogP contribution in [0.2, 0.25) is 0 Å². The number of carboxylic acid groups (broad SMARTS) is 1. The Balaban J connectivity index is 2.82. The minimum atomic E-state index is -3.54. The largest absolute Gasteiger partial charge is 0.481 e. The highest BCUT2D eigenvalue weighted by Crippen LogP contribution is 2.20. The van der Waals surface area contributed by atoms with Crippen LogP contribution >= 0.6 is 11.3 Å². The fourth-order valence-corrected chi connectivity index (χ4v) is 3.59. The van der Waals surface area contributed by atoms with Crippen molar-refractivity contribution in [2.75, 3.05) is 13.6 Å². The maximum atomic E-state index is 11.9. The van der Waals surface area contributed by atoms with Crippen LogP contribution in [-0.4, -0.2) is 37.4 Å². The molecular formula is C9H13NO4S2. The lowest BCUT2D eigenvalue weighted by atomic mass is 10.2. The number of rotatable bonds is 5. The zero-order valence-corrected chi connectivity index (χ0v) is 10.6. The van der Waals surface area contributed by atoms with E-state index in [1.54, 1.807) is 11.4 Å². The van der Waals surface area contributed by atoms with E-state index in [9.17, 15) is 13.2 Å². The van der Waals surface area contributed by atoms with Crippen LogP contribution in [0.15, 0.2) is 21.7 Å². The molecule has 5 nitrogen and oxygen atoms in total. The molecule has 0 radical (unpaired) electrons. The number of hydrogen-bond donors (Lipinski definition) is 1. The molecule has 0 aromatic carbocycles. The molecule has 0 saturated heterocycles. The van der Waals surface area contributed by atoms with E-state index in [2.05, 4.69) is 0 Å². The number of thiophene rings is 1. The summed E-state index contributed by atoms with van der Waals surface area (Å²) in [4.78, 5) is 10.6. The Kier molecular flexibility index (Phi) is 4.06. The molecule has 1 heterocycles. The first-order valence-corrected chi connectivity index (χ1v) is 6.90. The van der Waals surface area contributed by atoms with Gasteiger partial charge in [-0.3, -0.25) is 4.79 Å². The maximum absolute atomic E-state index is 11.9. The van der Waals surface area contributed by atoms with Gasteiger partial charge < -0.3 is 5.11 Å². The second-order valence-corrected chi connectivity index (χ2v) is 6.68. The van der Waals surface area contributed by atoms with Gasteiger partial charge in [0.25, 0.3) is 10.0 Å². The maximum Gasteiger partial charge on any atom is 0.307 e. The fourth-order valence-electron chi connectivity index (χ4n) is 1.13. The van der Waals surface area contributed by atoms with E-state index in [4.69, 9.17) is 5.11 Å². The predicted molar refractivity (Wildman–Crippen MR) is 60.9 cm³/mol. The average molecular weight is 263 g/mol. The van der Waals surface area contributed by atoms with Gasteiger partial charge in [0.15, 0.2) is 0 Å². The van der Waals surface area contributed by atoms with Crippen molar-refractivity contribution in [3.63, 3.8) is 0 Å². The molecule has 1 aromatic heterocycles. The smallest absolute Gasteiger partial charge is 0.307 e. The minimum absolute atomic E-state index is 0.0322. The standard InChI is InChI=1S/C9H13NO4S2/c1-7(9(11)12)6-10(2)16(13,14)8-4-3-5-15-8/h3-5,7H,6H2,1-2H3,(H,11,12). The van der Waals surface area contributed by atoms with Gasteiger partial charge in [-0.15, -0.1) is 11.3 Å². The molecule has 1 aromatic rings.